The molecule has 1 atom stereocenters. The summed E-state index contributed by atoms with van der Waals surface area (Å²) in [6.07, 6.45) is 8.39. The van der Waals surface area contributed by atoms with Crippen LogP contribution in [0.1, 0.15) is 50.5 Å². The quantitative estimate of drug-likeness (QED) is 0.879. The summed E-state index contributed by atoms with van der Waals surface area (Å²) < 4.78 is 6.12. The van der Waals surface area contributed by atoms with Gasteiger partial charge in [0.25, 0.3) is 0 Å². The van der Waals surface area contributed by atoms with Crippen molar-refractivity contribution < 1.29 is 9.53 Å². The normalized spacial score (nSPS) is 22.5. The summed E-state index contributed by atoms with van der Waals surface area (Å²) in [6.45, 7) is 1.49. The molecule has 0 spiro atoms. The molecule has 0 radical (unpaired) electrons. The molecule has 0 bridgehead atoms. The van der Waals surface area contributed by atoms with Crippen molar-refractivity contribution in [2.24, 2.45) is 0 Å². The molecule has 120 valence electrons. The Morgan fingerprint density at radius 1 is 1.14 bits per heavy atom. The van der Waals surface area contributed by atoms with E-state index in [9.17, 15) is 4.79 Å². The number of hydrogen-bond donors (Lipinski definition) is 2. The minimum absolute atomic E-state index is 0.0309. The predicted molar refractivity (Wildman–Crippen MR) is 86.8 cm³/mol. The molecule has 2 fully saturated rings. The molecule has 1 amide bonds. The van der Waals surface area contributed by atoms with Gasteiger partial charge in [-0.25, -0.2) is 0 Å². The first-order valence-corrected chi connectivity index (χ1v) is 8.58. The van der Waals surface area contributed by atoms with Crippen molar-refractivity contribution in [3.8, 4) is 5.75 Å². The van der Waals surface area contributed by atoms with Crippen LogP contribution in [0.3, 0.4) is 0 Å². The minimum atomic E-state index is -0.0309. The Morgan fingerprint density at radius 3 is 2.68 bits per heavy atom. The van der Waals surface area contributed by atoms with Crippen LogP contribution in [0, 0.1) is 0 Å². The summed E-state index contributed by atoms with van der Waals surface area (Å²) in [5.41, 5.74) is 1.07. The van der Waals surface area contributed by atoms with Crippen LogP contribution < -0.4 is 15.4 Å². The first-order chi connectivity index (χ1) is 10.8. The Bertz CT molecular complexity index is 492. The van der Waals surface area contributed by atoms with Crippen LogP contribution in [0.4, 0.5) is 0 Å². The third-order valence-corrected chi connectivity index (χ3v) is 4.65. The standard InChI is InChI=1S/C18H26N2O2/c21-18(16-10-5-6-12-19-16)20-13-14-7-1-4-11-17(14)22-15-8-2-3-9-15/h1,4,7,11,15-16,19H,2-3,5-6,8-10,12-13H2,(H,20,21). The molecular weight excluding hydrogens is 276 g/mol. The second-order valence-corrected chi connectivity index (χ2v) is 6.35. The molecular formula is C18H26N2O2. The average molecular weight is 302 g/mol. The average Bonchev–Trinajstić information content (AvgIpc) is 3.07. The summed E-state index contributed by atoms with van der Waals surface area (Å²) in [7, 11) is 0. The first-order valence-electron chi connectivity index (χ1n) is 8.58. The molecule has 1 saturated heterocycles. The van der Waals surface area contributed by atoms with Crippen LogP contribution in [0.5, 0.6) is 5.75 Å². The Kier molecular flexibility index (Phi) is 5.33. The van der Waals surface area contributed by atoms with Crippen molar-refractivity contribution in [3.05, 3.63) is 29.8 Å². The minimum Gasteiger partial charge on any atom is -0.490 e. The first kappa shape index (κ1) is 15.3. The molecule has 2 N–H and O–H groups in total. The molecule has 2 aliphatic rings. The molecule has 1 aliphatic heterocycles. The smallest absolute Gasteiger partial charge is 0.237 e. The van der Waals surface area contributed by atoms with Gasteiger partial charge in [0.1, 0.15) is 5.75 Å². The van der Waals surface area contributed by atoms with E-state index in [0.717, 1.165) is 43.5 Å². The van der Waals surface area contributed by atoms with E-state index in [1.54, 1.807) is 0 Å². The maximum atomic E-state index is 12.2. The molecule has 1 heterocycles. The molecule has 1 saturated carbocycles. The summed E-state index contributed by atoms with van der Waals surface area (Å²) in [4.78, 5) is 12.2. The zero-order valence-corrected chi connectivity index (χ0v) is 13.1. The molecule has 1 aromatic rings. The third-order valence-electron chi connectivity index (χ3n) is 4.65. The van der Waals surface area contributed by atoms with Gasteiger partial charge in [0, 0.05) is 12.1 Å². The van der Waals surface area contributed by atoms with E-state index in [1.165, 1.54) is 19.3 Å². The van der Waals surface area contributed by atoms with Gasteiger partial charge in [0.05, 0.1) is 12.1 Å². The van der Waals surface area contributed by atoms with E-state index in [2.05, 4.69) is 10.6 Å². The number of ether oxygens (including phenoxy) is 1. The number of rotatable bonds is 5. The monoisotopic (exact) mass is 302 g/mol. The van der Waals surface area contributed by atoms with Crippen molar-refractivity contribution in [1.82, 2.24) is 10.6 Å². The van der Waals surface area contributed by atoms with E-state index in [4.69, 9.17) is 4.74 Å². The molecule has 4 nitrogen and oxygen atoms in total. The van der Waals surface area contributed by atoms with Gasteiger partial charge in [-0.05, 0) is 51.1 Å². The fourth-order valence-corrected chi connectivity index (χ4v) is 3.33. The van der Waals surface area contributed by atoms with Gasteiger partial charge >= 0.3 is 0 Å². The Morgan fingerprint density at radius 2 is 1.91 bits per heavy atom. The number of hydrogen-bond acceptors (Lipinski definition) is 3. The molecule has 22 heavy (non-hydrogen) atoms. The van der Waals surface area contributed by atoms with E-state index in [-0.39, 0.29) is 11.9 Å². The van der Waals surface area contributed by atoms with Gasteiger partial charge in [-0.1, -0.05) is 24.6 Å². The van der Waals surface area contributed by atoms with Crippen LogP contribution in [0.15, 0.2) is 24.3 Å². The van der Waals surface area contributed by atoms with Crippen LogP contribution in [-0.2, 0) is 11.3 Å². The van der Waals surface area contributed by atoms with Gasteiger partial charge in [0.15, 0.2) is 0 Å². The molecule has 1 unspecified atom stereocenters. The number of carbonyl (C=O) groups is 1. The topological polar surface area (TPSA) is 50.4 Å². The van der Waals surface area contributed by atoms with E-state index < -0.39 is 0 Å². The SMILES string of the molecule is O=C(NCc1ccccc1OC1CCCC1)C1CCCCN1. The molecule has 0 aromatic heterocycles. The van der Waals surface area contributed by atoms with Gasteiger partial charge in [-0.2, -0.15) is 0 Å². The van der Waals surface area contributed by atoms with Gasteiger partial charge in [-0.3, -0.25) is 4.79 Å². The highest BCUT2D eigenvalue weighted by atomic mass is 16.5. The Labute approximate surface area is 132 Å². The van der Waals surface area contributed by atoms with Crippen molar-refractivity contribution in [1.29, 1.82) is 0 Å². The number of carbonyl (C=O) groups excluding carboxylic acids is 1. The number of nitrogens with one attached hydrogen (secondary N) is 2. The van der Waals surface area contributed by atoms with Gasteiger partial charge in [-0.15, -0.1) is 0 Å². The lowest BCUT2D eigenvalue weighted by Gasteiger charge is -2.23. The Hall–Kier alpha value is -1.55. The summed E-state index contributed by atoms with van der Waals surface area (Å²) >= 11 is 0. The maximum Gasteiger partial charge on any atom is 0.237 e. The lowest BCUT2D eigenvalue weighted by Crippen LogP contribution is -2.46. The van der Waals surface area contributed by atoms with Crippen LogP contribution in [0.2, 0.25) is 0 Å². The summed E-state index contributed by atoms with van der Waals surface area (Å²) in [5, 5.41) is 6.34. The highest BCUT2D eigenvalue weighted by molar-refractivity contribution is 5.81. The van der Waals surface area contributed by atoms with Gasteiger partial charge in [0.2, 0.25) is 5.91 Å². The van der Waals surface area contributed by atoms with Crippen LogP contribution in [-0.4, -0.2) is 24.6 Å². The number of amides is 1. The maximum absolute atomic E-state index is 12.2. The summed E-state index contributed by atoms with van der Waals surface area (Å²) in [6, 6.07) is 8.02. The van der Waals surface area contributed by atoms with Crippen molar-refractivity contribution in [3.63, 3.8) is 0 Å². The second-order valence-electron chi connectivity index (χ2n) is 6.35. The fraction of sp³-hybridized carbons (Fsp3) is 0.611. The van der Waals surface area contributed by atoms with Crippen molar-refractivity contribution >= 4 is 5.91 Å². The largest absolute Gasteiger partial charge is 0.490 e. The zero-order chi connectivity index (χ0) is 15.2. The van der Waals surface area contributed by atoms with Crippen molar-refractivity contribution in [2.45, 2.75) is 63.6 Å². The molecule has 1 aromatic carbocycles. The van der Waals surface area contributed by atoms with E-state index in [1.807, 2.05) is 24.3 Å². The Balaban J connectivity index is 1.56. The van der Waals surface area contributed by atoms with E-state index >= 15 is 0 Å². The zero-order valence-electron chi connectivity index (χ0n) is 13.1. The summed E-state index contributed by atoms with van der Waals surface area (Å²) in [5.74, 6) is 1.03. The predicted octanol–water partition coefficient (Wildman–Crippen LogP) is 2.77. The number of piperidine rings is 1. The second kappa shape index (κ2) is 7.63. The van der Waals surface area contributed by atoms with Crippen molar-refractivity contribution in [2.75, 3.05) is 6.54 Å². The fourth-order valence-electron chi connectivity index (χ4n) is 3.33. The lowest BCUT2D eigenvalue weighted by molar-refractivity contribution is -0.123. The number of para-hydroxylation sites is 1. The molecule has 3 rings (SSSR count). The lowest BCUT2D eigenvalue weighted by atomic mass is 10.0. The third kappa shape index (κ3) is 4.01. The molecule has 4 heteroatoms. The van der Waals surface area contributed by atoms with E-state index in [0.29, 0.717) is 12.6 Å². The van der Waals surface area contributed by atoms with Crippen LogP contribution in [0.25, 0.3) is 0 Å². The highest BCUT2D eigenvalue weighted by Crippen LogP contribution is 2.26. The highest BCUT2D eigenvalue weighted by Gasteiger charge is 2.21. The van der Waals surface area contributed by atoms with Gasteiger partial charge < -0.3 is 15.4 Å². The molecule has 1 aliphatic carbocycles. The van der Waals surface area contributed by atoms with Crippen LogP contribution >= 0.6 is 0 Å². The number of benzene rings is 1.